The van der Waals surface area contributed by atoms with Crippen molar-refractivity contribution in [2.75, 3.05) is 18.4 Å². The van der Waals surface area contributed by atoms with E-state index in [9.17, 15) is 4.79 Å². The van der Waals surface area contributed by atoms with Crippen LogP contribution >= 0.6 is 23.2 Å². The first-order valence-corrected chi connectivity index (χ1v) is 7.82. The molecule has 0 heterocycles. The maximum Gasteiger partial charge on any atom is 0.239 e. The predicted molar refractivity (Wildman–Crippen MR) is 92.8 cm³/mol. The van der Waals surface area contributed by atoms with Crippen LogP contribution in [0, 0.1) is 6.92 Å². The summed E-state index contributed by atoms with van der Waals surface area (Å²) >= 11 is 11.9. The molecular formula is C17H18Cl2N2O. The van der Waals surface area contributed by atoms with Crippen LogP contribution in [0.4, 0.5) is 5.69 Å². The molecule has 3 nitrogen and oxygen atoms in total. The molecule has 1 amide bonds. The van der Waals surface area contributed by atoms with Crippen molar-refractivity contribution in [2.24, 2.45) is 0 Å². The first kappa shape index (κ1) is 16.7. The fourth-order valence-electron chi connectivity index (χ4n) is 2.03. The minimum Gasteiger partial charge on any atom is -0.376 e. The summed E-state index contributed by atoms with van der Waals surface area (Å²) in [7, 11) is 0. The zero-order valence-electron chi connectivity index (χ0n) is 12.3. The van der Waals surface area contributed by atoms with E-state index in [-0.39, 0.29) is 12.5 Å². The maximum absolute atomic E-state index is 11.8. The van der Waals surface area contributed by atoms with Crippen molar-refractivity contribution >= 4 is 34.8 Å². The van der Waals surface area contributed by atoms with Gasteiger partial charge in [-0.2, -0.15) is 0 Å². The molecule has 2 aromatic rings. The molecule has 22 heavy (non-hydrogen) atoms. The molecule has 5 heteroatoms. The highest BCUT2D eigenvalue weighted by molar-refractivity contribution is 6.31. The van der Waals surface area contributed by atoms with Gasteiger partial charge in [0.05, 0.1) is 6.54 Å². The van der Waals surface area contributed by atoms with Crippen LogP contribution in [0.15, 0.2) is 42.5 Å². The van der Waals surface area contributed by atoms with E-state index in [0.717, 1.165) is 23.2 Å². The summed E-state index contributed by atoms with van der Waals surface area (Å²) in [4.78, 5) is 11.8. The van der Waals surface area contributed by atoms with Crippen molar-refractivity contribution in [1.82, 2.24) is 5.32 Å². The Bertz CT molecular complexity index is 642. The van der Waals surface area contributed by atoms with Crippen LogP contribution in [0.1, 0.15) is 11.1 Å². The molecule has 0 saturated heterocycles. The van der Waals surface area contributed by atoms with E-state index in [1.54, 1.807) is 0 Å². The fraction of sp³-hybridized carbons (Fsp3) is 0.235. The number of nitrogens with one attached hydrogen (secondary N) is 2. The molecule has 0 spiro atoms. The first-order valence-electron chi connectivity index (χ1n) is 7.06. The Kier molecular flexibility index (Phi) is 6.10. The van der Waals surface area contributed by atoms with Crippen molar-refractivity contribution in [3.63, 3.8) is 0 Å². The van der Waals surface area contributed by atoms with Crippen molar-refractivity contribution < 1.29 is 4.79 Å². The topological polar surface area (TPSA) is 41.1 Å². The normalized spacial score (nSPS) is 10.3. The van der Waals surface area contributed by atoms with Crippen LogP contribution in [-0.4, -0.2) is 19.0 Å². The van der Waals surface area contributed by atoms with Gasteiger partial charge >= 0.3 is 0 Å². The molecule has 0 saturated carbocycles. The van der Waals surface area contributed by atoms with E-state index in [1.807, 2.05) is 49.4 Å². The second-order valence-corrected chi connectivity index (χ2v) is 5.84. The highest BCUT2D eigenvalue weighted by Gasteiger charge is 2.04. The largest absolute Gasteiger partial charge is 0.376 e. The molecule has 2 rings (SSSR count). The van der Waals surface area contributed by atoms with E-state index >= 15 is 0 Å². The van der Waals surface area contributed by atoms with E-state index in [1.165, 1.54) is 0 Å². The molecule has 2 N–H and O–H groups in total. The molecule has 0 fully saturated rings. The number of carbonyl (C=O) groups is 1. The number of hydrogen-bond acceptors (Lipinski definition) is 2. The smallest absolute Gasteiger partial charge is 0.239 e. The minimum absolute atomic E-state index is 0.0478. The Morgan fingerprint density at radius 3 is 2.55 bits per heavy atom. The molecule has 0 unspecified atom stereocenters. The molecule has 0 bridgehead atoms. The zero-order chi connectivity index (χ0) is 15.9. The summed E-state index contributed by atoms with van der Waals surface area (Å²) in [5, 5.41) is 7.38. The van der Waals surface area contributed by atoms with Crippen LogP contribution in [0.3, 0.4) is 0 Å². The number of anilines is 1. The van der Waals surface area contributed by atoms with Gasteiger partial charge in [-0.05, 0) is 48.7 Å². The third-order valence-electron chi connectivity index (χ3n) is 3.36. The Labute approximate surface area is 140 Å². The van der Waals surface area contributed by atoms with E-state index < -0.39 is 0 Å². The van der Waals surface area contributed by atoms with Crippen molar-refractivity contribution in [2.45, 2.75) is 13.3 Å². The molecule has 0 radical (unpaired) electrons. The Balaban J connectivity index is 1.74. The number of benzene rings is 2. The average molecular weight is 337 g/mol. The molecule has 116 valence electrons. The average Bonchev–Trinajstić information content (AvgIpc) is 2.51. The second kappa shape index (κ2) is 8.06. The fourth-order valence-corrected chi connectivity index (χ4v) is 2.33. The molecule has 0 aliphatic carbocycles. The molecule has 0 aromatic heterocycles. The van der Waals surface area contributed by atoms with Crippen LogP contribution < -0.4 is 10.6 Å². The summed E-state index contributed by atoms with van der Waals surface area (Å²) in [6.07, 6.45) is 0.777. The summed E-state index contributed by atoms with van der Waals surface area (Å²) in [6.45, 7) is 2.74. The van der Waals surface area contributed by atoms with E-state index in [0.29, 0.717) is 16.6 Å². The van der Waals surface area contributed by atoms with Gasteiger partial charge in [-0.3, -0.25) is 4.79 Å². The lowest BCUT2D eigenvalue weighted by Gasteiger charge is -2.11. The summed E-state index contributed by atoms with van der Waals surface area (Å²) < 4.78 is 0. The number of hydrogen-bond donors (Lipinski definition) is 2. The van der Waals surface area contributed by atoms with Gasteiger partial charge in [-0.25, -0.2) is 0 Å². The molecule has 0 atom stereocenters. The Morgan fingerprint density at radius 2 is 1.82 bits per heavy atom. The number of rotatable bonds is 6. The van der Waals surface area contributed by atoms with Gasteiger partial charge in [0.25, 0.3) is 0 Å². The molecule has 0 aliphatic heterocycles. The van der Waals surface area contributed by atoms with Gasteiger partial charge in [0.2, 0.25) is 5.91 Å². The second-order valence-electron chi connectivity index (χ2n) is 4.99. The van der Waals surface area contributed by atoms with Crippen LogP contribution in [0.5, 0.6) is 0 Å². The highest BCUT2D eigenvalue weighted by Crippen LogP contribution is 2.22. The maximum atomic E-state index is 11.8. The number of halogens is 2. The van der Waals surface area contributed by atoms with Crippen molar-refractivity contribution in [1.29, 1.82) is 0 Å². The van der Waals surface area contributed by atoms with E-state index in [2.05, 4.69) is 10.6 Å². The summed E-state index contributed by atoms with van der Waals surface area (Å²) in [6, 6.07) is 13.2. The van der Waals surface area contributed by atoms with Crippen LogP contribution in [0.2, 0.25) is 10.0 Å². The highest BCUT2D eigenvalue weighted by atomic mass is 35.5. The van der Waals surface area contributed by atoms with Gasteiger partial charge in [0, 0.05) is 22.3 Å². The molecular weight excluding hydrogens is 319 g/mol. The lowest BCUT2D eigenvalue weighted by molar-refractivity contribution is -0.119. The lowest BCUT2D eigenvalue weighted by Crippen LogP contribution is -2.31. The first-order chi connectivity index (χ1) is 10.6. The quantitative estimate of drug-likeness (QED) is 0.834. The monoisotopic (exact) mass is 336 g/mol. The number of amides is 1. The van der Waals surface area contributed by atoms with Gasteiger partial charge < -0.3 is 10.6 Å². The van der Waals surface area contributed by atoms with Gasteiger partial charge in [0.1, 0.15) is 0 Å². The molecule has 2 aromatic carbocycles. The van der Waals surface area contributed by atoms with Gasteiger partial charge in [-0.1, -0.05) is 41.4 Å². The predicted octanol–water partition coefficient (Wildman–Crippen LogP) is 4.07. The Morgan fingerprint density at radius 1 is 1.09 bits per heavy atom. The van der Waals surface area contributed by atoms with Gasteiger partial charge in [-0.15, -0.1) is 0 Å². The third kappa shape index (κ3) is 4.93. The van der Waals surface area contributed by atoms with Crippen molar-refractivity contribution in [3.8, 4) is 0 Å². The Hall–Kier alpha value is -1.71. The molecule has 0 aliphatic rings. The zero-order valence-corrected chi connectivity index (χ0v) is 13.8. The van der Waals surface area contributed by atoms with Crippen molar-refractivity contribution in [3.05, 3.63) is 63.6 Å². The third-order valence-corrected chi connectivity index (χ3v) is 4.02. The summed E-state index contributed by atoms with van der Waals surface area (Å²) in [5.74, 6) is -0.0478. The van der Waals surface area contributed by atoms with Gasteiger partial charge in [0.15, 0.2) is 0 Å². The van der Waals surface area contributed by atoms with Crippen LogP contribution in [0.25, 0.3) is 0 Å². The van der Waals surface area contributed by atoms with Crippen LogP contribution in [-0.2, 0) is 11.2 Å². The lowest BCUT2D eigenvalue weighted by atomic mass is 10.1. The number of carbonyl (C=O) groups excluding carboxylic acids is 1. The minimum atomic E-state index is -0.0478. The summed E-state index contributed by atoms with van der Waals surface area (Å²) in [5.41, 5.74) is 2.96. The van der Waals surface area contributed by atoms with E-state index in [4.69, 9.17) is 23.2 Å². The SMILES string of the molecule is Cc1c(Cl)cccc1NCC(=O)NCCc1ccc(Cl)cc1. The standard InChI is InChI=1S/C17H18Cl2N2O/c1-12-15(19)3-2-4-16(12)21-11-17(22)20-10-9-13-5-7-14(18)8-6-13/h2-8,21H,9-11H2,1H3,(H,20,22).